The maximum Gasteiger partial charge on any atom is 0.468 e. The van der Waals surface area contributed by atoms with E-state index in [1.54, 1.807) is 0 Å². The van der Waals surface area contributed by atoms with Crippen molar-refractivity contribution < 1.29 is 22.0 Å². The van der Waals surface area contributed by atoms with Gasteiger partial charge >= 0.3 is 8.56 Å². The average molecular weight is 445 g/mol. The molecule has 3 rings (SSSR count). The fourth-order valence-electron chi connectivity index (χ4n) is 3.46. The Balaban J connectivity index is 2.01. The Morgan fingerprint density at radius 3 is 1.84 bits per heavy atom. The van der Waals surface area contributed by atoms with Crippen LogP contribution in [-0.2, 0) is 4.43 Å². The molecule has 31 heavy (non-hydrogen) atoms. The molecule has 6 heteroatoms. The lowest BCUT2D eigenvalue weighted by molar-refractivity contribution is 0.248. The van der Waals surface area contributed by atoms with Crippen LogP contribution in [0, 0.1) is 17.5 Å². The standard InChI is InChI=1S/C25H27F3O2Si/c1-2-3-4-5-12-19-29-31(20-13-8-6-9-14-20,21-15-10-7-11-16-21)30-23-18-17-22(26)24(27)25(23)28/h6-11,13-18H,2-5,12,19H2,1H3. The van der Waals surface area contributed by atoms with Gasteiger partial charge in [0.25, 0.3) is 0 Å². The summed E-state index contributed by atoms with van der Waals surface area (Å²) < 4.78 is 54.7. The molecule has 0 bridgehead atoms. The van der Waals surface area contributed by atoms with E-state index in [2.05, 4.69) is 6.92 Å². The Labute approximate surface area is 182 Å². The van der Waals surface area contributed by atoms with Gasteiger partial charge in [-0.15, -0.1) is 0 Å². The first kappa shape index (κ1) is 23.1. The van der Waals surface area contributed by atoms with Crippen LogP contribution < -0.4 is 14.8 Å². The number of hydrogen-bond acceptors (Lipinski definition) is 2. The minimum absolute atomic E-state index is 0.357. The summed E-state index contributed by atoms with van der Waals surface area (Å²) in [6.07, 6.45) is 5.27. The maximum absolute atomic E-state index is 14.6. The van der Waals surface area contributed by atoms with Crippen molar-refractivity contribution >= 4 is 18.9 Å². The third-order valence-electron chi connectivity index (χ3n) is 5.11. The molecule has 0 radical (unpaired) electrons. The molecule has 0 fully saturated rings. The number of benzene rings is 3. The van der Waals surface area contributed by atoms with Gasteiger partial charge in [-0.25, -0.2) is 8.78 Å². The van der Waals surface area contributed by atoms with Crippen LogP contribution >= 0.6 is 0 Å². The second-order valence-electron chi connectivity index (χ2n) is 7.39. The fraction of sp³-hybridized carbons (Fsp3) is 0.280. The largest absolute Gasteiger partial charge is 0.511 e. The van der Waals surface area contributed by atoms with Crippen molar-refractivity contribution in [3.05, 3.63) is 90.2 Å². The monoisotopic (exact) mass is 444 g/mol. The summed E-state index contributed by atoms with van der Waals surface area (Å²) in [5.41, 5.74) is 0. The molecule has 0 heterocycles. The highest BCUT2D eigenvalue weighted by Gasteiger charge is 2.45. The van der Waals surface area contributed by atoms with Crippen LogP contribution in [0.5, 0.6) is 5.75 Å². The highest BCUT2D eigenvalue weighted by atomic mass is 28.4. The lowest BCUT2D eigenvalue weighted by atomic mass is 10.2. The number of unbranched alkanes of at least 4 members (excludes halogenated alkanes) is 4. The third-order valence-corrected chi connectivity index (χ3v) is 8.42. The quantitative estimate of drug-likeness (QED) is 0.214. The predicted octanol–water partition coefficient (Wildman–Crippen LogP) is 5.73. The van der Waals surface area contributed by atoms with Gasteiger partial charge in [-0.1, -0.05) is 93.3 Å². The minimum Gasteiger partial charge on any atom is -0.511 e. The lowest BCUT2D eigenvalue weighted by Gasteiger charge is -2.32. The molecule has 3 aromatic carbocycles. The van der Waals surface area contributed by atoms with Crippen LogP contribution in [0.15, 0.2) is 72.8 Å². The molecule has 0 unspecified atom stereocenters. The van der Waals surface area contributed by atoms with Gasteiger partial charge in [0, 0.05) is 17.0 Å². The smallest absolute Gasteiger partial charge is 0.468 e. The van der Waals surface area contributed by atoms with Crippen molar-refractivity contribution in [2.75, 3.05) is 6.61 Å². The Morgan fingerprint density at radius 1 is 0.677 bits per heavy atom. The van der Waals surface area contributed by atoms with Crippen molar-refractivity contribution in [3.8, 4) is 5.75 Å². The molecule has 0 aliphatic rings. The van der Waals surface area contributed by atoms with Crippen molar-refractivity contribution in [1.82, 2.24) is 0 Å². The highest BCUT2D eigenvalue weighted by molar-refractivity contribution is 6.93. The van der Waals surface area contributed by atoms with Gasteiger partial charge in [0.1, 0.15) is 5.75 Å². The SMILES string of the molecule is CCCCCCCO[Si](Oc1ccc(F)c(F)c1F)(c1ccccc1)c1ccccc1. The van der Waals surface area contributed by atoms with Gasteiger partial charge < -0.3 is 8.85 Å². The molecule has 0 spiro atoms. The molecule has 0 aromatic heterocycles. The Bertz CT molecular complexity index is 912. The summed E-state index contributed by atoms with van der Waals surface area (Å²) in [7, 11) is -3.46. The van der Waals surface area contributed by atoms with E-state index in [1.165, 1.54) is 0 Å². The molecule has 164 valence electrons. The number of rotatable bonds is 11. The predicted molar refractivity (Wildman–Crippen MR) is 120 cm³/mol. The van der Waals surface area contributed by atoms with Crippen LogP contribution in [0.3, 0.4) is 0 Å². The van der Waals surface area contributed by atoms with Crippen molar-refractivity contribution in [3.63, 3.8) is 0 Å². The van der Waals surface area contributed by atoms with Crippen LogP contribution in [-0.4, -0.2) is 15.2 Å². The van der Waals surface area contributed by atoms with E-state index >= 15 is 0 Å². The van der Waals surface area contributed by atoms with Gasteiger partial charge in [0.05, 0.1) is 0 Å². The summed E-state index contributed by atoms with van der Waals surface area (Å²) in [5.74, 6) is -4.52. The molecular formula is C25H27F3O2Si. The van der Waals surface area contributed by atoms with E-state index in [0.717, 1.165) is 54.6 Å². The highest BCUT2D eigenvalue weighted by Crippen LogP contribution is 2.25. The summed E-state index contributed by atoms with van der Waals surface area (Å²) in [5, 5.41) is 1.53. The first-order valence-corrected chi connectivity index (χ1v) is 12.5. The van der Waals surface area contributed by atoms with Gasteiger partial charge in [0.15, 0.2) is 11.6 Å². The first-order chi connectivity index (χ1) is 15.1. The van der Waals surface area contributed by atoms with Crippen LogP contribution in [0.25, 0.3) is 0 Å². The van der Waals surface area contributed by atoms with E-state index < -0.39 is 26.0 Å². The van der Waals surface area contributed by atoms with Crippen LogP contribution in [0.1, 0.15) is 39.0 Å². The Hall–Kier alpha value is -2.57. The zero-order valence-corrected chi connectivity index (χ0v) is 18.6. The van der Waals surface area contributed by atoms with Gasteiger partial charge in [-0.05, 0) is 18.6 Å². The van der Waals surface area contributed by atoms with Gasteiger partial charge in [-0.2, -0.15) is 4.39 Å². The van der Waals surface area contributed by atoms with E-state index in [0.29, 0.717) is 6.61 Å². The number of hydrogen-bond donors (Lipinski definition) is 0. The zero-order valence-electron chi connectivity index (χ0n) is 17.6. The maximum atomic E-state index is 14.6. The molecule has 3 aromatic rings. The molecule has 0 saturated heterocycles. The molecule has 0 aliphatic heterocycles. The van der Waals surface area contributed by atoms with E-state index in [9.17, 15) is 13.2 Å². The molecule has 0 saturated carbocycles. The van der Waals surface area contributed by atoms with E-state index in [-0.39, 0.29) is 5.75 Å². The molecule has 0 N–H and O–H groups in total. The Morgan fingerprint density at radius 2 is 1.26 bits per heavy atom. The second kappa shape index (κ2) is 11.2. The van der Waals surface area contributed by atoms with Gasteiger partial charge in [0.2, 0.25) is 5.82 Å². The molecular weight excluding hydrogens is 417 g/mol. The van der Waals surface area contributed by atoms with Crippen molar-refractivity contribution in [2.24, 2.45) is 0 Å². The summed E-state index contributed by atoms with van der Waals surface area (Å²) >= 11 is 0. The van der Waals surface area contributed by atoms with Crippen molar-refractivity contribution in [1.29, 1.82) is 0 Å². The van der Waals surface area contributed by atoms with Gasteiger partial charge in [-0.3, -0.25) is 0 Å². The summed E-state index contributed by atoms with van der Waals surface area (Å²) in [6, 6.07) is 20.6. The number of halogens is 3. The molecule has 2 nitrogen and oxygen atoms in total. The average Bonchev–Trinajstić information content (AvgIpc) is 2.82. The molecule has 0 aliphatic carbocycles. The third kappa shape index (κ3) is 5.57. The zero-order chi connectivity index (χ0) is 22.1. The minimum atomic E-state index is -3.46. The topological polar surface area (TPSA) is 18.5 Å². The van der Waals surface area contributed by atoms with Crippen LogP contribution in [0.2, 0.25) is 0 Å². The Kier molecular flexibility index (Phi) is 8.32. The van der Waals surface area contributed by atoms with E-state index in [1.807, 2.05) is 60.7 Å². The molecule has 0 amide bonds. The van der Waals surface area contributed by atoms with E-state index in [4.69, 9.17) is 8.85 Å². The summed E-state index contributed by atoms with van der Waals surface area (Å²) in [4.78, 5) is 0. The second-order valence-corrected chi connectivity index (χ2v) is 10.3. The van der Waals surface area contributed by atoms with Crippen molar-refractivity contribution in [2.45, 2.75) is 39.0 Å². The first-order valence-electron chi connectivity index (χ1n) is 10.7. The summed E-state index contributed by atoms with van der Waals surface area (Å²) in [6.45, 7) is 2.58. The van der Waals surface area contributed by atoms with Crippen LogP contribution in [0.4, 0.5) is 13.2 Å². The fourth-order valence-corrected chi connectivity index (χ4v) is 6.58. The normalized spacial score (nSPS) is 11.5. The molecule has 0 atom stereocenters. The lowest BCUT2D eigenvalue weighted by Crippen LogP contribution is -2.66.